The molecule has 7 heteroatoms. The molecule has 2 aliphatic heterocycles. The van der Waals surface area contributed by atoms with Crippen molar-refractivity contribution in [3.8, 4) is 0 Å². The Bertz CT molecular complexity index is 761. The van der Waals surface area contributed by atoms with Crippen molar-refractivity contribution in [3.63, 3.8) is 0 Å². The summed E-state index contributed by atoms with van der Waals surface area (Å²) in [7, 11) is 0. The number of hydrogen-bond donors (Lipinski definition) is 2. The first-order chi connectivity index (χ1) is 11.9. The van der Waals surface area contributed by atoms with Crippen molar-refractivity contribution in [3.05, 3.63) is 46.9 Å². The van der Waals surface area contributed by atoms with E-state index in [-0.39, 0.29) is 17.6 Å². The van der Waals surface area contributed by atoms with Crippen molar-refractivity contribution in [1.82, 2.24) is 10.2 Å². The Morgan fingerprint density at radius 2 is 1.88 bits per heavy atom. The molecule has 4 nitrogen and oxygen atoms in total. The summed E-state index contributed by atoms with van der Waals surface area (Å²) in [6.45, 7) is 3.74. The number of aliphatic imine (C=N–C) groups is 1. The van der Waals surface area contributed by atoms with Crippen LogP contribution in [0.2, 0.25) is 0 Å². The molecule has 0 aromatic heterocycles. The maximum atomic E-state index is 14.1. The molecule has 0 amide bonds. The van der Waals surface area contributed by atoms with Crippen LogP contribution in [0.5, 0.6) is 0 Å². The first kappa shape index (κ1) is 16.4. The molecule has 4 atom stereocenters. The lowest BCUT2D eigenvalue weighted by Crippen LogP contribution is -2.39. The molecule has 1 aliphatic carbocycles. The Balaban J connectivity index is 1.52. The van der Waals surface area contributed by atoms with E-state index >= 15 is 0 Å². The summed E-state index contributed by atoms with van der Waals surface area (Å²) >= 11 is 0. The molecule has 25 heavy (non-hydrogen) atoms. The minimum Gasteiger partial charge on any atom is -0.402 e. The zero-order valence-corrected chi connectivity index (χ0v) is 14.0. The van der Waals surface area contributed by atoms with Crippen LogP contribution in [-0.4, -0.2) is 42.0 Å². The van der Waals surface area contributed by atoms with Crippen molar-refractivity contribution < 1.29 is 13.2 Å². The molecule has 134 valence electrons. The molecule has 3 N–H and O–H groups in total. The number of nitrogens with zero attached hydrogens (tertiary/aromatic N) is 2. The first-order valence-corrected chi connectivity index (χ1v) is 8.59. The van der Waals surface area contributed by atoms with Gasteiger partial charge in [-0.2, -0.15) is 0 Å². The minimum atomic E-state index is -1.18. The van der Waals surface area contributed by atoms with Crippen LogP contribution < -0.4 is 11.1 Å². The van der Waals surface area contributed by atoms with E-state index in [2.05, 4.69) is 15.2 Å². The molecular formula is C18H21F3N4. The number of nitrogens with one attached hydrogen (secondary N) is 1. The van der Waals surface area contributed by atoms with Gasteiger partial charge >= 0.3 is 0 Å². The van der Waals surface area contributed by atoms with Crippen molar-refractivity contribution in [2.75, 3.05) is 13.1 Å². The molecule has 0 radical (unpaired) electrons. The third-order valence-electron chi connectivity index (χ3n) is 5.49. The minimum absolute atomic E-state index is 0.131. The fourth-order valence-corrected chi connectivity index (χ4v) is 4.27. The third kappa shape index (κ3) is 2.90. The molecule has 1 aromatic carbocycles. The van der Waals surface area contributed by atoms with Gasteiger partial charge in [0.25, 0.3) is 0 Å². The van der Waals surface area contributed by atoms with E-state index in [4.69, 9.17) is 5.73 Å². The van der Waals surface area contributed by atoms with Crippen molar-refractivity contribution in [1.29, 1.82) is 0 Å². The predicted octanol–water partition coefficient (Wildman–Crippen LogP) is 2.27. The Hall–Kier alpha value is -2.02. The summed E-state index contributed by atoms with van der Waals surface area (Å²) in [5.41, 5.74) is 6.82. The van der Waals surface area contributed by atoms with Gasteiger partial charge in [-0.1, -0.05) is 0 Å². The third-order valence-corrected chi connectivity index (χ3v) is 5.49. The molecule has 1 fully saturated rings. The second kappa shape index (κ2) is 6.05. The van der Waals surface area contributed by atoms with Crippen LogP contribution in [0.3, 0.4) is 0 Å². The SMILES string of the molecule is CC1=NC2CN([C@@H]3C=C(N)[C@@H](c4cc(F)c(F)cc4F)CC3)CC2N1. The molecule has 1 aromatic rings. The van der Waals surface area contributed by atoms with Gasteiger partial charge in [0.2, 0.25) is 0 Å². The number of halogens is 3. The predicted molar refractivity (Wildman–Crippen MR) is 89.7 cm³/mol. The summed E-state index contributed by atoms with van der Waals surface area (Å²) in [5, 5.41) is 3.38. The fraction of sp³-hybridized carbons (Fsp3) is 0.500. The molecule has 2 unspecified atom stereocenters. The average Bonchev–Trinajstić information content (AvgIpc) is 3.08. The van der Waals surface area contributed by atoms with Crippen LogP contribution in [-0.2, 0) is 0 Å². The van der Waals surface area contributed by atoms with Gasteiger partial charge in [0.15, 0.2) is 11.6 Å². The van der Waals surface area contributed by atoms with Gasteiger partial charge in [0, 0.05) is 36.8 Å². The molecule has 1 saturated heterocycles. The monoisotopic (exact) mass is 350 g/mol. The Morgan fingerprint density at radius 3 is 2.60 bits per heavy atom. The van der Waals surface area contributed by atoms with Gasteiger partial charge in [-0.05, 0) is 37.5 Å². The van der Waals surface area contributed by atoms with Crippen LogP contribution in [0.4, 0.5) is 13.2 Å². The number of rotatable bonds is 2. The van der Waals surface area contributed by atoms with Crippen LogP contribution in [0.1, 0.15) is 31.2 Å². The lowest BCUT2D eigenvalue weighted by Gasteiger charge is -2.33. The van der Waals surface area contributed by atoms with Gasteiger partial charge in [-0.3, -0.25) is 9.89 Å². The van der Waals surface area contributed by atoms with Crippen LogP contribution in [0.25, 0.3) is 0 Å². The number of fused-ring (bicyclic) bond motifs is 1. The van der Waals surface area contributed by atoms with Gasteiger partial charge in [-0.15, -0.1) is 0 Å². The second-order valence-corrected chi connectivity index (χ2v) is 7.14. The fourth-order valence-electron chi connectivity index (χ4n) is 4.27. The van der Waals surface area contributed by atoms with E-state index in [1.165, 1.54) is 0 Å². The molecule has 0 saturated carbocycles. The number of likely N-dealkylation sites (tertiary alicyclic amines) is 1. The van der Waals surface area contributed by atoms with E-state index in [1.807, 2.05) is 13.0 Å². The summed E-state index contributed by atoms with van der Waals surface area (Å²) < 4.78 is 40.7. The number of amidine groups is 1. The normalized spacial score (nSPS) is 32.2. The average molecular weight is 350 g/mol. The highest BCUT2D eigenvalue weighted by atomic mass is 19.2. The van der Waals surface area contributed by atoms with Gasteiger partial charge in [-0.25, -0.2) is 13.2 Å². The van der Waals surface area contributed by atoms with Gasteiger partial charge in [0.1, 0.15) is 5.82 Å². The van der Waals surface area contributed by atoms with Crippen molar-refractivity contribution in [2.45, 2.75) is 43.8 Å². The first-order valence-electron chi connectivity index (χ1n) is 8.59. The largest absolute Gasteiger partial charge is 0.402 e. The van der Waals surface area contributed by atoms with E-state index in [0.717, 1.165) is 31.4 Å². The maximum absolute atomic E-state index is 14.1. The number of allylic oxidation sites excluding steroid dienone is 1. The Kier molecular flexibility index (Phi) is 3.98. The Morgan fingerprint density at radius 1 is 1.12 bits per heavy atom. The molecule has 0 spiro atoms. The van der Waals surface area contributed by atoms with E-state index in [1.54, 1.807) is 0 Å². The molecule has 3 aliphatic rings. The smallest absolute Gasteiger partial charge is 0.161 e. The topological polar surface area (TPSA) is 53.6 Å². The standard InChI is InChI=1S/C18H21F3N4/c1-9-23-17-7-25(8-18(17)24-9)10-2-3-11(16(22)4-10)12-5-14(20)15(21)6-13(12)19/h4-6,10-11,17-18H,2-3,7-8,22H2,1H3,(H,23,24)/t10-,11+,17?,18?/m0/s1. The summed E-state index contributed by atoms with van der Waals surface area (Å²) in [6, 6.07) is 2.31. The number of hydrogen-bond acceptors (Lipinski definition) is 4. The highest BCUT2D eigenvalue weighted by Gasteiger charge is 2.40. The van der Waals surface area contributed by atoms with Crippen LogP contribution >= 0.6 is 0 Å². The maximum Gasteiger partial charge on any atom is 0.161 e. The zero-order chi connectivity index (χ0) is 17.7. The lowest BCUT2D eigenvalue weighted by molar-refractivity contribution is 0.248. The van der Waals surface area contributed by atoms with Gasteiger partial charge < -0.3 is 11.1 Å². The highest BCUT2D eigenvalue weighted by molar-refractivity contribution is 5.82. The number of nitrogens with two attached hydrogens (primary N) is 1. The van der Waals surface area contributed by atoms with Crippen LogP contribution in [0, 0.1) is 17.5 Å². The molecule has 2 heterocycles. The van der Waals surface area contributed by atoms with E-state index in [0.29, 0.717) is 24.2 Å². The zero-order valence-electron chi connectivity index (χ0n) is 14.0. The quantitative estimate of drug-likeness (QED) is 0.805. The summed E-state index contributed by atoms with van der Waals surface area (Å²) in [5.74, 6) is -2.39. The molecule has 4 rings (SSSR count). The lowest BCUT2D eigenvalue weighted by atomic mass is 9.84. The highest BCUT2D eigenvalue weighted by Crippen LogP contribution is 2.36. The Labute approximate surface area is 144 Å². The summed E-state index contributed by atoms with van der Waals surface area (Å²) in [6.07, 6.45) is 3.34. The van der Waals surface area contributed by atoms with Gasteiger partial charge in [0.05, 0.1) is 17.9 Å². The number of benzene rings is 1. The summed E-state index contributed by atoms with van der Waals surface area (Å²) in [4.78, 5) is 6.93. The molecular weight excluding hydrogens is 329 g/mol. The van der Waals surface area contributed by atoms with Crippen molar-refractivity contribution in [2.24, 2.45) is 10.7 Å². The van der Waals surface area contributed by atoms with Crippen LogP contribution in [0.15, 0.2) is 28.9 Å². The van der Waals surface area contributed by atoms with Crippen molar-refractivity contribution >= 4 is 5.84 Å². The van der Waals surface area contributed by atoms with E-state index in [9.17, 15) is 13.2 Å². The molecule has 0 bridgehead atoms. The second-order valence-electron chi connectivity index (χ2n) is 7.14. The van der Waals surface area contributed by atoms with E-state index < -0.39 is 23.4 Å².